The van der Waals surface area contributed by atoms with Gasteiger partial charge in [0.1, 0.15) is 18.5 Å². The van der Waals surface area contributed by atoms with Crippen molar-refractivity contribution in [2.24, 2.45) is 0 Å². The molecule has 2 rings (SSSR count). The maximum absolute atomic E-state index is 13.4. The predicted octanol–water partition coefficient (Wildman–Crippen LogP) is 1.31. The second-order valence-corrected chi connectivity index (χ2v) is 3.43. The van der Waals surface area contributed by atoms with E-state index in [1.807, 2.05) is 0 Å². The van der Waals surface area contributed by atoms with Crippen molar-refractivity contribution in [2.45, 2.75) is 12.5 Å². The third kappa shape index (κ3) is 1.80. The van der Waals surface area contributed by atoms with Crippen LogP contribution in [0.3, 0.4) is 0 Å². The molecular weight excluding hydrogens is 215 g/mol. The van der Waals surface area contributed by atoms with E-state index in [0.29, 0.717) is 24.2 Å². The molecule has 1 aliphatic rings. The maximum atomic E-state index is 13.4. The Bertz CT molecular complexity index is 405. The monoisotopic (exact) mass is 226 g/mol. The van der Waals surface area contributed by atoms with E-state index >= 15 is 0 Å². The first-order valence-corrected chi connectivity index (χ1v) is 4.83. The van der Waals surface area contributed by atoms with Crippen LogP contribution in [0.25, 0.3) is 0 Å². The zero-order chi connectivity index (χ0) is 11.5. The van der Waals surface area contributed by atoms with E-state index in [4.69, 9.17) is 14.2 Å². The van der Waals surface area contributed by atoms with Crippen LogP contribution >= 0.6 is 0 Å². The lowest BCUT2D eigenvalue weighted by Gasteiger charge is -2.25. The molecule has 0 fully saturated rings. The van der Waals surface area contributed by atoms with E-state index in [0.717, 1.165) is 0 Å². The van der Waals surface area contributed by atoms with Gasteiger partial charge in [0.15, 0.2) is 11.6 Å². The number of ether oxygens (including phenoxy) is 3. The maximum Gasteiger partial charge on any atom is 0.293 e. The SMILES string of the molecule is COc1ccc(F)c2c1CC(OC=O)CO2. The third-order valence-corrected chi connectivity index (χ3v) is 2.48. The molecule has 0 bridgehead atoms. The first-order valence-electron chi connectivity index (χ1n) is 4.83. The molecule has 0 saturated heterocycles. The van der Waals surface area contributed by atoms with Crippen molar-refractivity contribution in [1.29, 1.82) is 0 Å². The van der Waals surface area contributed by atoms with Crippen molar-refractivity contribution in [3.05, 3.63) is 23.5 Å². The molecule has 1 aromatic rings. The minimum atomic E-state index is -0.430. The second kappa shape index (κ2) is 4.38. The lowest BCUT2D eigenvalue weighted by molar-refractivity contribution is -0.135. The molecule has 4 nitrogen and oxygen atoms in total. The Morgan fingerprint density at radius 2 is 2.38 bits per heavy atom. The van der Waals surface area contributed by atoms with Gasteiger partial charge in [0.25, 0.3) is 6.47 Å². The number of rotatable bonds is 3. The van der Waals surface area contributed by atoms with Crippen LogP contribution < -0.4 is 9.47 Å². The molecule has 1 atom stereocenters. The molecular formula is C11H11FO4. The first kappa shape index (κ1) is 10.7. The molecule has 0 aromatic heterocycles. The van der Waals surface area contributed by atoms with Crippen molar-refractivity contribution >= 4 is 6.47 Å². The average Bonchev–Trinajstić information content (AvgIpc) is 2.30. The summed E-state index contributed by atoms with van der Waals surface area (Å²) in [4.78, 5) is 10.2. The van der Waals surface area contributed by atoms with Crippen LogP contribution in [0.15, 0.2) is 12.1 Å². The minimum Gasteiger partial charge on any atom is -0.496 e. The fourth-order valence-electron chi connectivity index (χ4n) is 1.75. The van der Waals surface area contributed by atoms with Gasteiger partial charge in [-0.25, -0.2) is 4.39 Å². The van der Waals surface area contributed by atoms with Crippen molar-refractivity contribution in [1.82, 2.24) is 0 Å². The highest BCUT2D eigenvalue weighted by Crippen LogP contribution is 2.35. The Morgan fingerprint density at radius 1 is 1.56 bits per heavy atom. The van der Waals surface area contributed by atoms with Crippen LogP contribution in [0, 0.1) is 5.82 Å². The number of hydrogen-bond donors (Lipinski definition) is 0. The molecule has 0 spiro atoms. The van der Waals surface area contributed by atoms with E-state index in [9.17, 15) is 9.18 Å². The second-order valence-electron chi connectivity index (χ2n) is 3.43. The van der Waals surface area contributed by atoms with Crippen LogP contribution in [0.1, 0.15) is 5.56 Å². The van der Waals surface area contributed by atoms with Gasteiger partial charge >= 0.3 is 0 Å². The van der Waals surface area contributed by atoms with Crippen LogP contribution in [0.4, 0.5) is 4.39 Å². The van der Waals surface area contributed by atoms with Gasteiger partial charge in [0.05, 0.1) is 7.11 Å². The fourth-order valence-corrected chi connectivity index (χ4v) is 1.75. The Labute approximate surface area is 91.9 Å². The molecule has 1 heterocycles. The molecule has 0 radical (unpaired) electrons. The molecule has 1 aliphatic heterocycles. The summed E-state index contributed by atoms with van der Waals surface area (Å²) in [6, 6.07) is 2.82. The number of carbonyl (C=O) groups is 1. The van der Waals surface area contributed by atoms with Crippen LogP contribution in [-0.4, -0.2) is 26.3 Å². The Hall–Kier alpha value is -1.78. The molecule has 86 valence electrons. The highest BCUT2D eigenvalue weighted by atomic mass is 19.1. The Kier molecular flexibility index (Phi) is 2.94. The summed E-state index contributed by atoms with van der Waals surface area (Å²) in [7, 11) is 1.50. The quantitative estimate of drug-likeness (QED) is 0.729. The summed E-state index contributed by atoms with van der Waals surface area (Å²) in [6.45, 7) is 0.528. The summed E-state index contributed by atoms with van der Waals surface area (Å²) in [5.74, 6) is 0.293. The molecule has 0 N–H and O–H groups in total. The summed E-state index contributed by atoms with van der Waals surface area (Å²) in [5, 5.41) is 0. The predicted molar refractivity (Wildman–Crippen MR) is 53.1 cm³/mol. The number of fused-ring (bicyclic) bond motifs is 1. The zero-order valence-electron chi connectivity index (χ0n) is 8.73. The molecule has 5 heteroatoms. The van der Waals surface area contributed by atoms with Crippen LogP contribution in [0.5, 0.6) is 11.5 Å². The van der Waals surface area contributed by atoms with Crippen molar-refractivity contribution in [3.63, 3.8) is 0 Å². The Balaban J connectivity index is 2.34. The van der Waals surface area contributed by atoms with Gasteiger partial charge in [0.2, 0.25) is 0 Å². The molecule has 0 aliphatic carbocycles. The van der Waals surface area contributed by atoms with Crippen molar-refractivity contribution < 1.29 is 23.4 Å². The fraction of sp³-hybridized carbons (Fsp3) is 0.364. The smallest absolute Gasteiger partial charge is 0.293 e. The van der Waals surface area contributed by atoms with E-state index in [-0.39, 0.29) is 18.5 Å². The largest absolute Gasteiger partial charge is 0.496 e. The lowest BCUT2D eigenvalue weighted by atomic mass is 10.0. The van der Waals surface area contributed by atoms with Gasteiger partial charge in [-0.05, 0) is 12.1 Å². The molecule has 16 heavy (non-hydrogen) atoms. The number of carbonyl (C=O) groups excluding carboxylic acids is 1. The standard InChI is InChI=1S/C11H11FO4/c1-14-10-3-2-9(12)11-8(10)4-7(5-15-11)16-6-13/h2-3,6-7H,4-5H2,1H3. The minimum absolute atomic E-state index is 0.163. The average molecular weight is 226 g/mol. The number of hydrogen-bond acceptors (Lipinski definition) is 4. The summed E-state index contributed by atoms with van der Waals surface area (Å²) < 4.78 is 28.5. The highest BCUT2D eigenvalue weighted by molar-refractivity contribution is 5.48. The van der Waals surface area contributed by atoms with Gasteiger partial charge in [-0.15, -0.1) is 0 Å². The lowest BCUT2D eigenvalue weighted by Crippen LogP contribution is -2.29. The molecule has 0 amide bonds. The van der Waals surface area contributed by atoms with Gasteiger partial charge in [0, 0.05) is 12.0 Å². The van der Waals surface area contributed by atoms with Crippen molar-refractivity contribution in [2.75, 3.05) is 13.7 Å². The molecule has 1 aromatic carbocycles. The van der Waals surface area contributed by atoms with Crippen LogP contribution in [-0.2, 0) is 16.0 Å². The number of halogens is 1. The van der Waals surface area contributed by atoms with Gasteiger partial charge in [-0.3, -0.25) is 4.79 Å². The van der Waals surface area contributed by atoms with Crippen molar-refractivity contribution in [3.8, 4) is 11.5 Å². The number of benzene rings is 1. The molecule has 1 unspecified atom stereocenters. The highest BCUT2D eigenvalue weighted by Gasteiger charge is 2.26. The molecule has 0 saturated carbocycles. The first-order chi connectivity index (χ1) is 7.76. The Morgan fingerprint density at radius 3 is 3.06 bits per heavy atom. The summed E-state index contributed by atoms with van der Waals surface area (Å²) >= 11 is 0. The van der Waals surface area contributed by atoms with E-state index in [2.05, 4.69) is 0 Å². The van der Waals surface area contributed by atoms with E-state index in [1.165, 1.54) is 19.2 Å². The third-order valence-electron chi connectivity index (χ3n) is 2.48. The van der Waals surface area contributed by atoms with E-state index in [1.54, 1.807) is 0 Å². The summed E-state index contributed by atoms with van der Waals surface area (Å²) in [5.41, 5.74) is 0.598. The van der Waals surface area contributed by atoms with Gasteiger partial charge < -0.3 is 14.2 Å². The van der Waals surface area contributed by atoms with E-state index < -0.39 is 5.82 Å². The van der Waals surface area contributed by atoms with Gasteiger partial charge in [-0.1, -0.05) is 0 Å². The zero-order valence-corrected chi connectivity index (χ0v) is 8.73. The van der Waals surface area contributed by atoms with Gasteiger partial charge in [-0.2, -0.15) is 0 Å². The van der Waals surface area contributed by atoms with Crippen LogP contribution in [0.2, 0.25) is 0 Å². The number of methoxy groups -OCH3 is 1. The topological polar surface area (TPSA) is 44.8 Å². The summed E-state index contributed by atoms with van der Waals surface area (Å²) in [6.07, 6.45) is 0.00958. The normalized spacial score (nSPS) is 18.2.